The van der Waals surface area contributed by atoms with E-state index in [1.54, 1.807) is 25.1 Å². The third-order valence-electron chi connectivity index (χ3n) is 5.81. The summed E-state index contributed by atoms with van der Waals surface area (Å²) in [6.07, 6.45) is 0. The van der Waals surface area contributed by atoms with E-state index < -0.39 is 29.9 Å². The van der Waals surface area contributed by atoms with Crippen molar-refractivity contribution in [3.63, 3.8) is 0 Å². The second-order valence-corrected chi connectivity index (χ2v) is 8.44. The minimum atomic E-state index is -1.28. The maximum atomic E-state index is 13.2. The number of urea groups is 1. The number of nitrogens with one attached hydrogen (secondary N) is 2. The number of carbonyl (C=O) groups is 3. The first kappa shape index (κ1) is 21.1. The number of hydrogen-bond acceptors (Lipinski definition) is 5. The smallest absolute Gasteiger partial charge is 0.325 e. The third kappa shape index (κ3) is 3.72. The Bertz CT molecular complexity index is 1310. The molecule has 0 radical (unpaired) electrons. The molecule has 168 valence electrons. The molecular formula is C24H20ClN3O5. The highest BCUT2D eigenvalue weighted by Crippen LogP contribution is 2.38. The number of halogens is 1. The Labute approximate surface area is 194 Å². The van der Waals surface area contributed by atoms with Crippen molar-refractivity contribution in [3.05, 3.63) is 65.2 Å². The van der Waals surface area contributed by atoms with Crippen LogP contribution in [0, 0.1) is 0 Å². The molecule has 2 N–H and O–H groups in total. The maximum absolute atomic E-state index is 13.2. The Morgan fingerprint density at radius 2 is 1.76 bits per heavy atom. The number of ether oxygens (including phenoxy) is 2. The molecule has 9 heteroatoms. The Kier molecular flexibility index (Phi) is 5.09. The summed E-state index contributed by atoms with van der Waals surface area (Å²) in [4.78, 5) is 39.4. The summed E-state index contributed by atoms with van der Waals surface area (Å²) in [7, 11) is 0. The van der Waals surface area contributed by atoms with E-state index in [1.165, 1.54) is 0 Å². The van der Waals surface area contributed by atoms with E-state index in [4.69, 9.17) is 21.1 Å². The van der Waals surface area contributed by atoms with Gasteiger partial charge in [0.15, 0.2) is 11.5 Å². The summed E-state index contributed by atoms with van der Waals surface area (Å²) in [5, 5.41) is 7.59. The van der Waals surface area contributed by atoms with Crippen molar-refractivity contribution in [2.24, 2.45) is 0 Å². The van der Waals surface area contributed by atoms with Gasteiger partial charge in [0, 0.05) is 12.1 Å². The Morgan fingerprint density at radius 1 is 1.06 bits per heavy atom. The van der Waals surface area contributed by atoms with Crippen molar-refractivity contribution in [2.45, 2.75) is 12.5 Å². The van der Waals surface area contributed by atoms with E-state index >= 15 is 0 Å². The Morgan fingerprint density at radius 3 is 2.52 bits per heavy atom. The minimum Gasteiger partial charge on any atom is -0.486 e. The van der Waals surface area contributed by atoms with E-state index in [-0.39, 0.29) is 5.02 Å². The number of benzene rings is 3. The molecular weight excluding hydrogens is 446 g/mol. The molecule has 5 rings (SSSR count). The summed E-state index contributed by atoms with van der Waals surface area (Å²) in [5.74, 6) is -0.129. The zero-order valence-corrected chi connectivity index (χ0v) is 18.4. The molecule has 2 aliphatic rings. The minimum absolute atomic E-state index is 0.255. The molecule has 3 aromatic carbocycles. The van der Waals surface area contributed by atoms with Gasteiger partial charge >= 0.3 is 6.03 Å². The predicted octanol–water partition coefficient (Wildman–Crippen LogP) is 3.67. The summed E-state index contributed by atoms with van der Waals surface area (Å²) in [6, 6.07) is 15.8. The lowest BCUT2D eigenvalue weighted by Gasteiger charge is -2.23. The number of rotatable bonds is 4. The molecule has 4 amide bonds. The largest absolute Gasteiger partial charge is 0.486 e. The van der Waals surface area contributed by atoms with Gasteiger partial charge in [0.25, 0.3) is 5.91 Å². The number of fused-ring (bicyclic) bond motifs is 2. The van der Waals surface area contributed by atoms with Gasteiger partial charge in [-0.25, -0.2) is 4.79 Å². The number of carbonyl (C=O) groups excluding carboxylic acids is 3. The normalized spacial score (nSPS) is 19.5. The van der Waals surface area contributed by atoms with E-state index in [0.717, 1.165) is 15.7 Å². The molecule has 0 bridgehead atoms. The van der Waals surface area contributed by atoms with E-state index in [9.17, 15) is 14.4 Å². The number of nitrogens with zero attached hydrogens (tertiary/aromatic N) is 1. The van der Waals surface area contributed by atoms with Gasteiger partial charge in [-0.2, -0.15) is 0 Å². The van der Waals surface area contributed by atoms with Crippen LogP contribution in [0.25, 0.3) is 10.8 Å². The third-order valence-corrected chi connectivity index (χ3v) is 6.12. The molecule has 0 aromatic heterocycles. The monoisotopic (exact) mass is 465 g/mol. The fraction of sp³-hybridized carbons (Fsp3) is 0.208. The average molecular weight is 466 g/mol. The Hall–Kier alpha value is -3.78. The van der Waals surface area contributed by atoms with Crippen molar-refractivity contribution < 1.29 is 23.9 Å². The second-order valence-electron chi connectivity index (χ2n) is 8.03. The van der Waals surface area contributed by atoms with Crippen LogP contribution in [0.4, 0.5) is 10.5 Å². The fourth-order valence-electron chi connectivity index (χ4n) is 4.03. The van der Waals surface area contributed by atoms with Crippen LogP contribution in [0.1, 0.15) is 12.5 Å². The van der Waals surface area contributed by atoms with Crippen molar-refractivity contribution in [1.29, 1.82) is 0 Å². The highest BCUT2D eigenvalue weighted by atomic mass is 35.5. The summed E-state index contributed by atoms with van der Waals surface area (Å²) in [5.41, 5.74) is -0.344. The first-order valence-electron chi connectivity index (χ1n) is 10.4. The summed E-state index contributed by atoms with van der Waals surface area (Å²) >= 11 is 6.24. The van der Waals surface area contributed by atoms with Gasteiger partial charge in [0.05, 0.1) is 10.7 Å². The molecule has 0 aliphatic carbocycles. The van der Waals surface area contributed by atoms with Crippen LogP contribution in [-0.4, -0.2) is 42.5 Å². The van der Waals surface area contributed by atoms with Gasteiger partial charge in [-0.3, -0.25) is 14.5 Å². The van der Waals surface area contributed by atoms with Crippen LogP contribution in [-0.2, 0) is 15.1 Å². The first-order chi connectivity index (χ1) is 15.8. The molecule has 1 unspecified atom stereocenters. The molecule has 1 saturated heterocycles. The van der Waals surface area contributed by atoms with Crippen LogP contribution in [0.15, 0.2) is 54.6 Å². The van der Waals surface area contributed by atoms with Crippen LogP contribution < -0.4 is 20.1 Å². The SMILES string of the molecule is CC1(c2ccc3ccccc3c2)NC(=O)N(CC(=O)Nc2cc3c(cc2Cl)OCCO3)C1=O. The molecule has 1 fully saturated rings. The van der Waals surface area contributed by atoms with E-state index in [0.29, 0.717) is 36.0 Å². The van der Waals surface area contributed by atoms with Crippen LogP contribution in [0.3, 0.4) is 0 Å². The fourth-order valence-corrected chi connectivity index (χ4v) is 4.23. The van der Waals surface area contributed by atoms with Gasteiger partial charge in [0.1, 0.15) is 25.3 Å². The van der Waals surface area contributed by atoms with E-state index in [2.05, 4.69) is 10.6 Å². The maximum Gasteiger partial charge on any atom is 0.325 e. The van der Waals surface area contributed by atoms with Crippen LogP contribution in [0.5, 0.6) is 11.5 Å². The lowest BCUT2D eigenvalue weighted by atomic mass is 9.90. The Balaban J connectivity index is 1.34. The zero-order valence-electron chi connectivity index (χ0n) is 17.7. The first-order valence-corrected chi connectivity index (χ1v) is 10.8. The molecule has 3 aromatic rings. The average Bonchev–Trinajstić information content (AvgIpc) is 3.03. The highest BCUT2D eigenvalue weighted by molar-refractivity contribution is 6.34. The van der Waals surface area contributed by atoms with E-state index in [1.807, 2.05) is 36.4 Å². The van der Waals surface area contributed by atoms with Crippen molar-refractivity contribution in [2.75, 3.05) is 25.1 Å². The standard InChI is InChI=1S/C24H20ClN3O5/c1-24(16-7-6-14-4-2-3-5-15(14)10-16)22(30)28(23(31)27-24)13-21(29)26-18-12-20-19(11-17(18)25)32-8-9-33-20/h2-7,10-12H,8-9,13H2,1H3,(H,26,29)(H,27,31). The quantitative estimate of drug-likeness (QED) is 0.573. The van der Waals surface area contributed by atoms with Crippen LogP contribution >= 0.6 is 11.6 Å². The molecule has 0 saturated carbocycles. The van der Waals surface area contributed by atoms with Crippen molar-refractivity contribution in [1.82, 2.24) is 10.2 Å². The van der Waals surface area contributed by atoms with Gasteiger partial charge in [-0.15, -0.1) is 0 Å². The van der Waals surface area contributed by atoms with Gasteiger partial charge < -0.3 is 20.1 Å². The molecule has 8 nitrogen and oxygen atoms in total. The zero-order chi connectivity index (χ0) is 23.2. The highest BCUT2D eigenvalue weighted by Gasteiger charge is 2.49. The second kappa shape index (κ2) is 7.97. The number of hydrogen-bond donors (Lipinski definition) is 2. The molecule has 1 atom stereocenters. The molecule has 2 aliphatic heterocycles. The topological polar surface area (TPSA) is 97.0 Å². The van der Waals surface area contributed by atoms with Crippen molar-refractivity contribution >= 4 is 45.9 Å². The summed E-state index contributed by atoms with van der Waals surface area (Å²) in [6.45, 7) is 1.97. The number of imide groups is 1. The van der Waals surface area contributed by atoms with Gasteiger partial charge in [-0.1, -0.05) is 48.0 Å². The van der Waals surface area contributed by atoms with Crippen molar-refractivity contribution in [3.8, 4) is 11.5 Å². The molecule has 33 heavy (non-hydrogen) atoms. The van der Waals surface area contributed by atoms with Crippen LogP contribution in [0.2, 0.25) is 5.02 Å². The molecule has 2 heterocycles. The van der Waals surface area contributed by atoms with Gasteiger partial charge in [-0.05, 0) is 29.3 Å². The summed E-state index contributed by atoms with van der Waals surface area (Å²) < 4.78 is 11.0. The van der Waals surface area contributed by atoms with Gasteiger partial charge in [0.2, 0.25) is 5.91 Å². The number of amides is 4. The number of anilines is 1. The lowest BCUT2D eigenvalue weighted by molar-refractivity contribution is -0.133. The predicted molar refractivity (Wildman–Crippen MR) is 123 cm³/mol. The molecule has 0 spiro atoms. The lowest BCUT2D eigenvalue weighted by Crippen LogP contribution is -2.42.